The molecule has 134 valence electrons. The van der Waals surface area contributed by atoms with Crippen LogP contribution in [-0.2, 0) is 9.05 Å². The van der Waals surface area contributed by atoms with E-state index in [9.17, 15) is 56.9 Å². The first-order valence-corrected chi connectivity index (χ1v) is 5.50. The number of hydrogen-bond acceptors (Lipinski definition) is 2. The van der Waals surface area contributed by atoms with E-state index >= 15 is 0 Å². The predicted molar refractivity (Wildman–Crippen MR) is 42.0 cm³/mol. The van der Waals surface area contributed by atoms with E-state index in [-0.39, 0.29) is 0 Å². The molecule has 0 radical (unpaired) electrons. The molecule has 22 heavy (non-hydrogen) atoms. The van der Waals surface area contributed by atoms with Crippen LogP contribution >= 0.6 is 8.69 Å². The van der Waals surface area contributed by atoms with Crippen LogP contribution in [-0.4, -0.2) is 36.9 Å². The van der Waals surface area contributed by atoms with Gasteiger partial charge < -0.3 is 0 Å². The van der Waals surface area contributed by atoms with Gasteiger partial charge in [-0.3, -0.25) is 9.05 Å². The van der Waals surface area contributed by atoms with Crippen molar-refractivity contribution in [2.45, 2.75) is 36.9 Å². The summed E-state index contributed by atoms with van der Waals surface area (Å²) in [4.78, 5) is 0. The fourth-order valence-corrected chi connectivity index (χ4v) is 1.66. The maximum absolute atomic E-state index is 12.6. The third-order valence-electron chi connectivity index (χ3n) is 1.57. The molecule has 16 heteroatoms. The van der Waals surface area contributed by atoms with E-state index in [4.69, 9.17) is 0 Å². The molecule has 0 aliphatic heterocycles. The molecule has 0 saturated heterocycles. The number of hydrogen-bond donors (Lipinski definition) is 0. The third-order valence-corrected chi connectivity index (χ3v) is 2.32. The summed E-state index contributed by atoms with van der Waals surface area (Å²) in [6.07, 6.45) is -35.2. The molecule has 2 nitrogen and oxygen atoms in total. The molecule has 0 fully saturated rings. The lowest BCUT2D eigenvalue weighted by molar-refractivity contribution is -0.312. The molecule has 0 heterocycles. The first-order chi connectivity index (χ1) is 9.37. The fraction of sp³-hybridized carbons (Fsp3) is 1.00. The maximum atomic E-state index is 12.6. The van der Waals surface area contributed by atoms with Crippen LogP contribution in [0.4, 0.5) is 56.9 Å². The summed E-state index contributed by atoms with van der Waals surface area (Å²) in [5.41, 5.74) is 0. The van der Waals surface area contributed by atoms with Crippen molar-refractivity contribution in [1.82, 2.24) is 0 Å². The molecule has 0 rings (SSSR count). The largest absolute Gasteiger partial charge is 0.424 e. The van der Waals surface area contributed by atoms with E-state index in [1.165, 1.54) is 0 Å². The first-order valence-electron chi connectivity index (χ1n) is 4.43. The Bertz CT molecular complexity index is 292. The molecule has 0 aromatic rings. The van der Waals surface area contributed by atoms with Crippen molar-refractivity contribution < 1.29 is 65.9 Å². The van der Waals surface area contributed by atoms with Crippen LogP contribution in [0.25, 0.3) is 0 Å². The lowest BCUT2D eigenvalue weighted by atomic mass is 10.3. The summed E-state index contributed by atoms with van der Waals surface area (Å²) in [5, 5.41) is 0. The summed E-state index contributed by atoms with van der Waals surface area (Å²) in [6.45, 7) is 0. The second-order valence-electron chi connectivity index (χ2n) is 3.35. The monoisotopic (exact) mass is 384 g/mol. The van der Waals surface area contributed by atoms with Crippen molar-refractivity contribution >= 4 is 8.69 Å². The molecule has 0 aliphatic carbocycles. The van der Waals surface area contributed by atoms with Crippen molar-refractivity contribution in [3.63, 3.8) is 0 Å². The molecule has 0 unspecified atom stereocenters. The van der Waals surface area contributed by atoms with Crippen LogP contribution in [0.15, 0.2) is 0 Å². The van der Waals surface area contributed by atoms with E-state index in [0.29, 0.717) is 0 Å². The van der Waals surface area contributed by atoms with Crippen molar-refractivity contribution in [3.05, 3.63) is 0 Å². The highest BCUT2D eigenvalue weighted by molar-refractivity contribution is 7.41. The second kappa shape index (κ2) is 6.51. The normalized spacial score (nSPS) is 15.3. The van der Waals surface area contributed by atoms with Gasteiger partial charge in [-0.2, -0.15) is 56.9 Å². The Morgan fingerprint density at radius 2 is 0.682 bits per heavy atom. The standard InChI is InChI=1S/C6H2F13O2P/c7-3(8,9)1(4(10,11)12)20-22(19)21-2(5(13,14)15)6(16,17)18/h1-2H. The highest BCUT2D eigenvalue weighted by Crippen LogP contribution is 2.52. The quantitative estimate of drug-likeness (QED) is 0.490. The van der Waals surface area contributed by atoms with E-state index in [1.807, 2.05) is 0 Å². The number of alkyl halides is 12. The first kappa shape index (κ1) is 21.4. The molecule has 0 N–H and O–H groups in total. The SMILES string of the molecule is FP(OC(C(F)(F)F)C(F)(F)F)OC(C(F)(F)F)C(F)(F)F. The fourth-order valence-electron chi connectivity index (χ4n) is 0.801. The van der Waals surface area contributed by atoms with Gasteiger partial charge in [0.1, 0.15) is 0 Å². The van der Waals surface area contributed by atoms with Crippen LogP contribution < -0.4 is 0 Å². The van der Waals surface area contributed by atoms with Gasteiger partial charge in [0.25, 0.3) is 12.2 Å². The minimum atomic E-state index is -6.33. The smallest absolute Gasteiger partial charge is 0.286 e. The number of rotatable bonds is 4. The molecule has 0 aliphatic rings. The Balaban J connectivity index is 5.15. The van der Waals surface area contributed by atoms with E-state index in [1.54, 1.807) is 0 Å². The van der Waals surface area contributed by atoms with Crippen LogP contribution in [0.2, 0.25) is 0 Å². The molecular formula is C6H2F13O2P. The van der Waals surface area contributed by atoms with Gasteiger partial charge in [-0.1, -0.05) is 0 Å². The van der Waals surface area contributed by atoms with E-state index in [2.05, 4.69) is 9.05 Å². The average Bonchev–Trinajstić information content (AvgIpc) is 2.15. The van der Waals surface area contributed by atoms with Gasteiger partial charge in [-0.15, -0.1) is 0 Å². The average molecular weight is 384 g/mol. The minimum absolute atomic E-state index is 2.53. The van der Waals surface area contributed by atoms with Crippen LogP contribution in [0.1, 0.15) is 0 Å². The molecule has 0 aromatic carbocycles. The minimum Gasteiger partial charge on any atom is -0.286 e. The van der Waals surface area contributed by atoms with Crippen LogP contribution in [0.3, 0.4) is 0 Å². The summed E-state index contributed by atoms with van der Waals surface area (Å²) >= 11 is 0. The van der Waals surface area contributed by atoms with Crippen molar-refractivity contribution in [2.24, 2.45) is 0 Å². The van der Waals surface area contributed by atoms with E-state index in [0.717, 1.165) is 0 Å². The Morgan fingerprint density at radius 3 is 0.818 bits per heavy atom. The Hall–Kier alpha value is -0.560. The third kappa shape index (κ3) is 6.69. The lowest BCUT2D eigenvalue weighted by Crippen LogP contribution is -2.45. The van der Waals surface area contributed by atoms with Crippen LogP contribution in [0.5, 0.6) is 0 Å². The van der Waals surface area contributed by atoms with Gasteiger partial charge in [-0.05, 0) is 0 Å². The highest BCUT2D eigenvalue weighted by atomic mass is 31.2. The number of halogens is 13. The second-order valence-corrected chi connectivity index (χ2v) is 4.20. The van der Waals surface area contributed by atoms with Crippen molar-refractivity contribution in [3.8, 4) is 0 Å². The molecule has 0 saturated carbocycles. The maximum Gasteiger partial charge on any atom is 0.424 e. The summed E-state index contributed by atoms with van der Waals surface area (Å²) < 4.78 is 160. The van der Waals surface area contributed by atoms with Gasteiger partial charge in [0.15, 0.2) is 0 Å². The Morgan fingerprint density at radius 1 is 0.500 bits per heavy atom. The van der Waals surface area contributed by atoms with Crippen molar-refractivity contribution in [2.75, 3.05) is 0 Å². The van der Waals surface area contributed by atoms with Gasteiger partial charge in [0.05, 0.1) is 0 Å². The topological polar surface area (TPSA) is 18.5 Å². The zero-order chi connectivity index (χ0) is 18.1. The highest BCUT2D eigenvalue weighted by Gasteiger charge is 2.62. The summed E-state index contributed by atoms with van der Waals surface area (Å²) in [5.74, 6) is 0. The van der Waals surface area contributed by atoms with Gasteiger partial charge >= 0.3 is 33.4 Å². The van der Waals surface area contributed by atoms with E-state index < -0.39 is 45.6 Å². The zero-order valence-electron chi connectivity index (χ0n) is 9.33. The molecule has 0 aromatic heterocycles. The zero-order valence-corrected chi connectivity index (χ0v) is 10.2. The molecule has 0 atom stereocenters. The Labute approximate surface area is 113 Å². The molecule has 0 bridgehead atoms. The van der Waals surface area contributed by atoms with Crippen molar-refractivity contribution in [1.29, 1.82) is 0 Å². The van der Waals surface area contributed by atoms with Crippen LogP contribution in [0, 0.1) is 0 Å². The summed E-state index contributed by atoms with van der Waals surface area (Å²) in [6, 6.07) is 0. The van der Waals surface area contributed by atoms with Gasteiger partial charge in [0.2, 0.25) is 0 Å². The summed E-state index contributed by atoms with van der Waals surface area (Å²) in [7, 11) is -5.30. The van der Waals surface area contributed by atoms with Gasteiger partial charge in [-0.25, -0.2) is 0 Å². The lowest BCUT2D eigenvalue weighted by Gasteiger charge is -2.27. The predicted octanol–water partition coefficient (Wildman–Crippen LogP) is 5.20. The Kier molecular flexibility index (Phi) is 6.35. The molecule has 0 amide bonds. The molecule has 0 spiro atoms. The van der Waals surface area contributed by atoms with Gasteiger partial charge in [0, 0.05) is 0 Å². The molecular weight excluding hydrogens is 382 g/mol.